The second-order valence-electron chi connectivity index (χ2n) is 4.87. The van der Waals surface area contributed by atoms with E-state index in [0.29, 0.717) is 17.6 Å². The zero-order valence-corrected chi connectivity index (χ0v) is 8.58. The van der Waals surface area contributed by atoms with E-state index in [1.807, 2.05) is 18.2 Å². The van der Waals surface area contributed by atoms with Gasteiger partial charge in [-0.25, -0.2) is 0 Å². The third-order valence-corrected chi connectivity index (χ3v) is 4.04. The zero-order valence-electron chi connectivity index (χ0n) is 8.58. The highest BCUT2D eigenvalue weighted by Crippen LogP contribution is 2.69. The lowest BCUT2D eigenvalue weighted by molar-refractivity contribution is 0.0869. The number of rotatable bonds is 1. The lowest BCUT2D eigenvalue weighted by atomic mass is 9.87. The third-order valence-electron chi connectivity index (χ3n) is 4.04. The van der Waals surface area contributed by atoms with Crippen LogP contribution in [-0.2, 0) is 0 Å². The predicted molar refractivity (Wildman–Crippen MR) is 55.4 cm³/mol. The van der Waals surface area contributed by atoms with Crippen LogP contribution in [0.2, 0.25) is 0 Å². The average Bonchev–Trinajstić information content (AvgIpc) is 2.88. The number of hydrogen-bond donors (Lipinski definition) is 0. The van der Waals surface area contributed by atoms with E-state index in [1.165, 1.54) is 5.56 Å². The molecule has 0 N–H and O–H groups in total. The van der Waals surface area contributed by atoms with Crippen molar-refractivity contribution >= 4 is 5.78 Å². The number of Topliss-reactive ketones (excluding diaryl/α,β-unsaturated/α-hetero) is 1. The van der Waals surface area contributed by atoms with E-state index >= 15 is 0 Å². The minimum Gasteiger partial charge on any atom is -0.294 e. The van der Waals surface area contributed by atoms with Gasteiger partial charge in [-0.15, -0.1) is 0 Å². The SMILES string of the molecule is CC(C)C12CC1c1ccccc1C2=O. The molecule has 0 bridgehead atoms. The second kappa shape index (κ2) is 2.28. The van der Waals surface area contributed by atoms with Crippen LogP contribution < -0.4 is 0 Å². The molecule has 2 unspecified atom stereocenters. The first-order valence-corrected chi connectivity index (χ1v) is 5.31. The van der Waals surface area contributed by atoms with Crippen LogP contribution in [0, 0.1) is 11.3 Å². The van der Waals surface area contributed by atoms with Gasteiger partial charge in [0.15, 0.2) is 5.78 Å². The Morgan fingerprint density at radius 1 is 1.36 bits per heavy atom. The Bertz CT molecular complexity index is 419. The Hall–Kier alpha value is -1.11. The van der Waals surface area contributed by atoms with E-state index in [9.17, 15) is 4.79 Å². The fourth-order valence-corrected chi connectivity index (χ4v) is 3.08. The number of hydrogen-bond acceptors (Lipinski definition) is 1. The van der Waals surface area contributed by atoms with Crippen LogP contribution in [0.25, 0.3) is 0 Å². The monoisotopic (exact) mass is 186 g/mol. The van der Waals surface area contributed by atoms with Crippen LogP contribution in [0.5, 0.6) is 0 Å². The standard InChI is InChI=1S/C13H14O/c1-8(2)13-7-11(13)9-5-3-4-6-10(9)12(13)14/h3-6,8,11H,7H2,1-2H3. The molecule has 2 aliphatic carbocycles. The van der Waals surface area contributed by atoms with Gasteiger partial charge in [0.2, 0.25) is 0 Å². The molecule has 3 rings (SSSR count). The fourth-order valence-electron chi connectivity index (χ4n) is 3.08. The van der Waals surface area contributed by atoms with Gasteiger partial charge in [-0.05, 0) is 23.8 Å². The Kier molecular flexibility index (Phi) is 1.34. The molecule has 2 atom stereocenters. The molecule has 1 saturated carbocycles. The van der Waals surface area contributed by atoms with E-state index in [0.717, 1.165) is 12.0 Å². The molecule has 72 valence electrons. The minimum atomic E-state index is -0.0102. The Balaban J connectivity index is 2.16. The third kappa shape index (κ3) is 0.704. The number of fused-ring (bicyclic) bond motifs is 3. The fraction of sp³-hybridized carbons (Fsp3) is 0.462. The summed E-state index contributed by atoms with van der Waals surface area (Å²) in [5.41, 5.74) is 2.27. The topological polar surface area (TPSA) is 17.1 Å². The Morgan fingerprint density at radius 3 is 2.71 bits per heavy atom. The van der Waals surface area contributed by atoms with E-state index < -0.39 is 0 Å². The average molecular weight is 186 g/mol. The molecule has 0 aromatic heterocycles. The highest BCUT2D eigenvalue weighted by Gasteiger charge is 2.66. The van der Waals surface area contributed by atoms with Crippen molar-refractivity contribution in [1.29, 1.82) is 0 Å². The first-order valence-electron chi connectivity index (χ1n) is 5.31. The van der Waals surface area contributed by atoms with Crippen molar-refractivity contribution in [3.05, 3.63) is 35.4 Å². The summed E-state index contributed by atoms with van der Waals surface area (Å²) < 4.78 is 0. The molecule has 1 heteroatoms. The largest absolute Gasteiger partial charge is 0.294 e. The normalized spacial score (nSPS) is 33.1. The minimum absolute atomic E-state index is 0.0102. The number of ketones is 1. The van der Waals surface area contributed by atoms with Gasteiger partial charge < -0.3 is 0 Å². The Morgan fingerprint density at radius 2 is 2.07 bits per heavy atom. The first-order chi connectivity index (χ1) is 6.68. The summed E-state index contributed by atoms with van der Waals surface area (Å²) in [4.78, 5) is 12.2. The summed E-state index contributed by atoms with van der Waals surface area (Å²) in [6.07, 6.45) is 1.08. The molecule has 2 aliphatic rings. The maximum Gasteiger partial charge on any atom is 0.170 e. The molecule has 1 aromatic rings. The van der Waals surface area contributed by atoms with Gasteiger partial charge in [0.1, 0.15) is 0 Å². The molecule has 0 amide bonds. The van der Waals surface area contributed by atoms with Crippen molar-refractivity contribution < 1.29 is 4.79 Å². The molecule has 0 spiro atoms. The summed E-state index contributed by atoms with van der Waals surface area (Å²) in [5.74, 6) is 1.41. The van der Waals surface area contributed by atoms with Gasteiger partial charge in [0.05, 0.1) is 0 Å². The maximum absolute atomic E-state index is 12.2. The van der Waals surface area contributed by atoms with Gasteiger partial charge in [0, 0.05) is 11.0 Å². The number of carbonyl (C=O) groups is 1. The summed E-state index contributed by atoms with van der Waals surface area (Å²) in [6, 6.07) is 8.11. The summed E-state index contributed by atoms with van der Waals surface area (Å²) in [6.45, 7) is 4.34. The maximum atomic E-state index is 12.2. The van der Waals surface area contributed by atoms with Crippen LogP contribution >= 0.6 is 0 Å². The van der Waals surface area contributed by atoms with Crippen molar-refractivity contribution in [3.8, 4) is 0 Å². The van der Waals surface area contributed by atoms with Gasteiger partial charge in [0.25, 0.3) is 0 Å². The molecule has 14 heavy (non-hydrogen) atoms. The predicted octanol–water partition coefficient (Wildman–Crippen LogP) is 3.01. The highest BCUT2D eigenvalue weighted by atomic mass is 16.1. The quantitative estimate of drug-likeness (QED) is 0.659. The lowest BCUT2D eigenvalue weighted by Gasteiger charge is -2.14. The van der Waals surface area contributed by atoms with Crippen LogP contribution in [0.1, 0.15) is 42.1 Å². The van der Waals surface area contributed by atoms with E-state index in [2.05, 4.69) is 19.9 Å². The highest BCUT2D eigenvalue weighted by molar-refractivity contribution is 6.09. The van der Waals surface area contributed by atoms with Crippen LogP contribution in [0.15, 0.2) is 24.3 Å². The van der Waals surface area contributed by atoms with E-state index in [1.54, 1.807) is 0 Å². The molecular weight excluding hydrogens is 172 g/mol. The molecule has 0 aliphatic heterocycles. The zero-order chi connectivity index (χ0) is 9.92. The van der Waals surface area contributed by atoms with Crippen LogP contribution in [0.4, 0.5) is 0 Å². The van der Waals surface area contributed by atoms with E-state index in [-0.39, 0.29) is 5.41 Å². The van der Waals surface area contributed by atoms with Crippen molar-refractivity contribution in [1.82, 2.24) is 0 Å². The van der Waals surface area contributed by atoms with Gasteiger partial charge in [-0.3, -0.25) is 4.79 Å². The lowest BCUT2D eigenvalue weighted by Crippen LogP contribution is -2.19. The number of carbonyl (C=O) groups excluding carboxylic acids is 1. The smallest absolute Gasteiger partial charge is 0.170 e. The molecular formula is C13H14O. The van der Waals surface area contributed by atoms with E-state index in [4.69, 9.17) is 0 Å². The summed E-state index contributed by atoms with van der Waals surface area (Å²) in [7, 11) is 0. The molecule has 1 aromatic carbocycles. The number of benzene rings is 1. The molecule has 0 heterocycles. The van der Waals surface area contributed by atoms with Crippen molar-refractivity contribution in [3.63, 3.8) is 0 Å². The molecule has 1 fully saturated rings. The van der Waals surface area contributed by atoms with Crippen molar-refractivity contribution in [2.75, 3.05) is 0 Å². The van der Waals surface area contributed by atoms with Crippen LogP contribution in [-0.4, -0.2) is 5.78 Å². The van der Waals surface area contributed by atoms with Crippen molar-refractivity contribution in [2.24, 2.45) is 11.3 Å². The molecule has 0 radical (unpaired) electrons. The van der Waals surface area contributed by atoms with Crippen LogP contribution in [0.3, 0.4) is 0 Å². The summed E-state index contributed by atoms with van der Waals surface area (Å²) >= 11 is 0. The van der Waals surface area contributed by atoms with Gasteiger partial charge >= 0.3 is 0 Å². The second-order valence-corrected chi connectivity index (χ2v) is 4.87. The Labute approximate surface area is 84.1 Å². The molecule has 1 nitrogen and oxygen atoms in total. The molecule has 0 saturated heterocycles. The van der Waals surface area contributed by atoms with Crippen molar-refractivity contribution in [2.45, 2.75) is 26.2 Å². The van der Waals surface area contributed by atoms with Gasteiger partial charge in [-0.2, -0.15) is 0 Å². The summed E-state index contributed by atoms with van der Waals surface area (Å²) in [5, 5.41) is 0. The van der Waals surface area contributed by atoms with Gasteiger partial charge in [-0.1, -0.05) is 38.1 Å². The first kappa shape index (κ1) is 8.22.